The van der Waals surface area contributed by atoms with E-state index in [9.17, 15) is 14.7 Å². The van der Waals surface area contributed by atoms with Crippen LogP contribution in [-0.2, 0) is 4.79 Å². The predicted molar refractivity (Wildman–Crippen MR) is 58.5 cm³/mol. The third-order valence-electron chi connectivity index (χ3n) is 2.66. The third-order valence-corrected chi connectivity index (χ3v) is 2.66. The Hall–Kier alpha value is -1.34. The van der Waals surface area contributed by atoms with E-state index < -0.39 is 18.2 Å². The van der Waals surface area contributed by atoms with Crippen LogP contribution in [0.5, 0.6) is 0 Å². The predicted octanol–water partition coefficient (Wildman–Crippen LogP) is -1.01. The zero-order chi connectivity index (χ0) is 12.8. The Morgan fingerprint density at radius 2 is 2.18 bits per heavy atom. The van der Waals surface area contributed by atoms with Crippen molar-refractivity contribution in [1.29, 1.82) is 0 Å². The monoisotopic (exact) mass is 246 g/mol. The highest BCUT2D eigenvalue weighted by molar-refractivity contribution is 5.74. The van der Waals surface area contributed by atoms with E-state index in [0.717, 1.165) is 6.42 Å². The van der Waals surface area contributed by atoms with Gasteiger partial charge in [-0.05, 0) is 12.8 Å². The summed E-state index contributed by atoms with van der Waals surface area (Å²) in [5.74, 6) is -1.30. The topological polar surface area (TPSA) is 110 Å². The number of aliphatic hydroxyl groups is 2. The van der Waals surface area contributed by atoms with Gasteiger partial charge in [0.1, 0.15) is 0 Å². The van der Waals surface area contributed by atoms with Crippen molar-refractivity contribution in [1.82, 2.24) is 10.2 Å². The number of amides is 2. The van der Waals surface area contributed by atoms with Crippen molar-refractivity contribution in [3.05, 3.63) is 0 Å². The standard InChI is InChI=1S/C10H18N2O5/c13-7-2-1-5-12(6-7)10(17)11-4-3-8(14)9(15)16/h7-8,13-14H,1-6H2,(H,11,17)(H,15,16). The first-order chi connectivity index (χ1) is 8.00. The first-order valence-electron chi connectivity index (χ1n) is 5.62. The molecule has 1 fully saturated rings. The molecule has 0 saturated carbocycles. The molecule has 0 aromatic heterocycles. The Kier molecular flexibility index (Phi) is 5.17. The van der Waals surface area contributed by atoms with Crippen LogP contribution in [-0.4, -0.2) is 64.1 Å². The van der Waals surface area contributed by atoms with Crippen molar-refractivity contribution in [2.75, 3.05) is 19.6 Å². The van der Waals surface area contributed by atoms with Gasteiger partial charge in [-0.1, -0.05) is 0 Å². The van der Waals surface area contributed by atoms with Crippen LogP contribution in [0.3, 0.4) is 0 Å². The second kappa shape index (κ2) is 6.41. The zero-order valence-corrected chi connectivity index (χ0v) is 9.50. The van der Waals surface area contributed by atoms with E-state index in [1.165, 1.54) is 4.90 Å². The highest BCUT2D eigenvalue weighted by atomic mass is 16.4. The van der Waals surface area contributed by atoms with Gasteiger partial charge < -0.3 is 25.5 Å². The molecule has 1 heterocycles. The van der Waals surface area contributed by atoms with Gasteiger partial charge in [-0.2, -0.15) is 0 Å². The number of rotatable bonds is 4. The van der Waals surface area contributed by atoms with Crippen molar-refractivity contribution in [3.8, 4) is 0 Å². The number of aliphatic carboxylic acids is 1. The minimum atomic E-state index is -1.46. The molecule has 17 heavy (non-hydrogen) atoms. The fourth-order valence-corrected chi connectivity index (χ4v) is 1.69. The Morgan fingerprint density at radius 1 is 1.47 bits per heavy atom. The van der Waals surface area contributed by atoms with Gasteiger partial charge in [-0.3, -0.25) is 0 Å². The summed E-state index contributed by atoms with van der Waals surface area (Å²) in [6.07, 6.45) is -0.521. The normalized spacial score (nSPS) is 22.0. The molecule has 1 aliphatic rings. The Morgan fingerprint density at radius 3 is 2.76 bits per heavy atom. The van der Waals surface area contributed by atoms with E-state index >= 15 is 0 Å². The Labute approximate surface area is 99.0 Å². The minimum Gasteiger partial charge on any atom is -0.479 e. The molecule has 4 N–H and O–H groups in total. The maximum absolute atomic E-state index is 11.6. The van der Waals surface area contributed by atoms with Crippen molar-refractivity contribution in [3.63, 3.8) is 0 Å². The highest BCUT2D eigenvalue weighted by Gasteiger charge is 2.22. The lowest BCUT2D eigenvalue weighted by atomic mass is 10.1. The van der Waals surface area contributed by atoms with Gasteiger partial charge in [0.05, 0.1) is 6.10 Å². The van der Waals surface area contributed by atoms with E-state index in [1.54, 1.807) is 0 Å². The van der Waals surface area contributed by atoms with Crippen molar-refractivity contribution in [2.24, 2.45) is 0 Å². The van der Waals surface area contributed by atoms with E-state index in [4.69, 9.17) is 10.2 Å². The van der Waals surface area contributed by atoms with Gasteiger partial charge in [0, 0.05) is 26.1 Å². The molecule has 0 radical (unpaired) electrons. The lowest BCUT2D eigenvalue weighted by molar-refractivity contribution is -0.146. The summed E-state index contributed by atoms with van der Waals surface area (Å²) in [6.45, 7) is 0.983. The quantitative estimate of drug-likeness (QED) is 0.508. The smallest absolute Gasteiger partial charge is 0.332 e. The molecule has 98 valence electrons. The summed E-state index contributed by atoms with van der Waals surface area (Å²) < 4.78 is 0. The fourth-order valence-electron chi connectivity index (χ4n) is 1.69. The zero-order valence-electron chi connectivity index (χ0n) is 9.50. The van der Waals surface area contributed by atoms with Gasteiger partial charge in [-0.25, -0.2) is 9.59 Å². The van der Waals surface area contributed by atoms with Gasteiger partial charge in [-0.15, -0.1) is 0 Å². The molecule has 0 aromatic rings. The average Bonchev–Trinajstić information content (AvgIpc) is 2.28. The number of carbonyl (C=O) groups is 2. The molecule has 2 unspecified atom stereocenters. The maximum atomic E-state index is 11.6. The molecular formula is C10H18N2O5. The largest absolute Gasteiger partial charge is 0.479 e. The molecule has 2 amide bonds. The molecule has 0 bridgehead atoms. The molecule has 1 aliphatic heterocycles. The number of piperidine rings is 1. The van der Waals surface area contributed by atoms with Gasteiger partial charge in [0.15, 0.2) is 6.10 Å². The van der Waals surface area contributed by atoms with Gasteiger partial charge >= 0.3 is 12.0 Å². The summed E-state index contributed by atoms with van der Waals surface area (Å²) in [6, 6.07) is -0.332. The second-order valence-electron chi connectivity index (χ2n) is 4.12. The lowest BCUT2D eigenvalue weighted by Gasteiger charge is -2.30. The molecule has 0 aliphatic carbocycles. The van der Waals surface area contributed by atoms with Crippen molar-refractivity contribution >= 4 is 12.0 Å². The number of carboxylic acids is 1. The molecule has 0 aromatic carbocycles. The van der Waals surface area contributed by atoms with Crippen LogP contribution in [0.15, 0.2) is 0 Å². The molecule has 0 spiro atoms. The molecule has 7 heteroatoms. The summed E-state index contributed by atoms with van der Waals surface area (Å²) >= 11 is 0. The molecule has 2 atom stereocenters. The Balaban J connectivity index is 2.22. The van der Waals surface area contributed by atoms with Crippen LogP contribution >= 0.6 is 0 Å². The average molecular weight is 246 g/mol. The number of β-amino-alcohol motifs (C(OH)–C–C–N with tert-alkyl or cyclic N) is 1. The number of likely N-dealkylation sites (tertiary alicyclic amines) is 1. The molecular weight excluding hydrogens is 228 g/mol. The van der Waals surface area contributed by atoms with Gasteiger partial charge in [0.2, 0.25) is 0 Å². The third kappa shape index (κ3) is 4.58. The van der Waals surface area contributed by atoms with E-state index in [1.807, 2.05) is 0 Å². The number of hydrogen-bond donors (Lipinski definition) is 4. The fraction of sp³-hybridized carbons (Fsp3) is 0.800. The summed E-state index contributed by atoms with van der Waals surface area (Å²) in [5, 5.41) is 29.3. The minimum absolute atomic E-state index is 0.0303. The SMILES string of the molecule is O=C(O)C(O)CCNC(=O)N1CCCC(O)C1. The maximum Gasteiger partial charge on any atom is 0.332 e. The van der Waals surface area contributed by atoms with Crippen molar-refractivity contribution in [2.45, 2.75) is 31.5 Å². The summed E-state index contributed by atoms with van der Waals surface area (Å²) in [7, 11) is 0. The van der Waals surface area contributed by atoms with Crippen LogP contribution in [0.4, 0.5) is 4.79 Å². The molecule has 7 nitrogen and oxygen atoms in total. The first-order valence-corrected chi connectivity index (χ1v) is 5.62. The van der Waals surface area contributed by atoms with E-state index in [-0.39, 0.29) is 19.0 Å². The van der Waals surface area contributed by atoms with E-state index in [0.29, 0.717) is 19.5 Å². The number of nitrogens with zero attached hydrogens (tertiary/aromatic N) is 1. The van der Waals surface area contributed by atoms with Crippen LogP contribution in [0.1, 0.15) is 19.3 Å². The van der Waals surface area contributed by atoms with Crippen LogP contribution < -0.4 is 5.32 Å². The number of urea groups is 1. The van der Waals surface area contributed by atoms with Crippen molar-refractivity contribution < 1.29 is 24.9 Å². The number of aliphatic hydroxyl groups excluding tert-OH is 2. The Bertz CT molecular complexity index is 284. The van der Waals surface area contributed by atoms with Crippen LogP contribution in [0, 0.1) is 0 Å². The van der Waals surface area contributed by atoms with Gasteiger partial charge in [0.25, 0.3) is 0 Å². The number of carbonyl (C=O) groups excluding carboxylic acids is 1. The number of carboxylic acid groups (broad SMARTS) is 1. The highest BCUT2D eigenvalue weighted by Crippen LogP contribution is 2.09. The molecule has 1 rings (SSSR count). The first kappa shape index (κ1) is 13.7. The van der Waals surface area contributed by atoms with Crippen LogP contribution in [0.25, 0.3) is 0 Å². The van der Waals surface area contributed by atoms with Crippen LogP contribution in [0.2, 0.25) is 0 Å². The number of nitrogens with one attached hydrogen (secondary N) is 1. The summed E-state index contributed by atoms with van der Waals surface area (Å²) in [5.41, 5.74) is 0. The van der Waals surface area contributed by atoms with E-state index in [2.05, 4.69) is 5.32 Å². The summed E-state index contributed by atoms with van der Waals surface area (Å²) in [4.78, 5) is 23.4. The molecule has 1 saturated heterocycles. The number of hydrogen-bond acceptors (Lipinski definition) is 4. The second-order valence-corrected chi connectivity index (χ2v) is 4.12. The lowest BCUT2D eigenvalue weighted by Crippen LogP contribution is -2.47.